The van der Waals surface area contributed by atoms with Gasteiger partial charge in [0.2, 0.25) is 5.91 Å². The Hall–Kier alpha value is -1.73. The lowest BCUT2D eigenvalue weighted by Crippen LogP contribution is -2.31. The maximum atomic E-state index is 13.1. The normalized spacial score (nSPS) is 16.2. The molecule has 24 heavy (non-hydrogen) atoms. The third-order valence-electron chi connectivity index (χ3n) is 3.66. The molecule has 7 heteroatoms. The molecule has 0 unspecified atom stereocenters. The summed E-state index contributed by atoms with van der Waals surface area (Å²) < 4.78 is 24.1. The smallest absolute Gasteiger partial charge is 0.416 e. The van der Waals surface area contributed by atoms with Gasteiger partial charge in [-0.3, -0.25) is 4.79 Å². The van der Waals surface area contributed by atoms with Gasteiger partial charge in [0.1, 0.15) is 12.4 Å². The van der Waals surface area contributed by atoms with Crippen LogP contribution in [0.4, 0.5) is 9.18 Å². The Morgan fingerprint density at radius 1 is 1.33 bits per heavy atom. The summed E-state index contributed by atoms with van der Waals surface area (Å²) >= 11 is 0. The van der Waals surface area contributed by atoms with Crippen LogP contribution in [0.5, 0.6) is 0 Å². The second-order valence-electron chi connectivity index (χ2n) is 6.82. The van der Waals surface area contributed by atoms with Crippen LogP contribution >= 0.6 is 0 Å². The third kappa shape index (κ3) is 5.42. The molecular weight excluding hydrogens is 329 g/mol. The van der Waals surface area contributed by atoms with Crippen molar-refractivity contribution in [2.45, 2.75) is 45.0 Å². The first kappa shape index (κ1) is 18.6. The molecule has 0 aliphatic carbocycles. The van der Waals surface area contributed by atoms with Crippen molar-refractivity contribution in [1.82, 2.24) is 4.90 Å². The summed E-state index contributed by atoms with van der Waals surface area (Å²) in [5, 5.41) is 0. The Morgan fingerprint density at radius 2 is 2.00 bits per heavy atom. The van der Waals surface area contributed by atoms with Gasteiger partial charge in [-0.25, -0.2) is 14.1 Å². The molecule has 1 atom stereocenters. The highest BCUT2D eigenvalue weighted by Crippen LogP contribution is 2.28. The number of nitrogens with zero attached hydrogens (tertiary/aromatic N) is 1. The summed E-state index contributed by atoms with van der Waals surface area (Å²) in [6.07, 6.45) is 0.769. The minimum absolute atomic E-state index is 0.171. The van der Waals surface area contributed by atoms with Crippen molar-refractivity contribution in [2.75, 3.05) is 13.2 Å². The fraction of sp³-hybridized carbons (Fsp3) is 0.529. The third-order valence-corrected chi connectivity index (χ3v) is 4.65. The number of imide groups is 1. The monoisotopic (exact) mass is 353 g/mol. The molecule has 2 rings (SSSR count). The predicted octanol–water partition coefficient (Wildman–Crippen LogP) is 3.87. The molecule has 0 aromatic heterocycles. The molecule has 1 saturated heterocycles. The number of rotatable bonds is 7. The van der Waals surface area contributed by atoms with E-state index in [0.717, 1.165) is 10.5 Å². The number of cyclic esters (lactones) is 1. The van der Waals surface area contributed by atoms with E-state index in [1.165, 1.54) is 12.1 Å². The van der Waals surface area contributed by atoms with Gasteiger partial charge in [-0.05, 0) is 50.2 Å². The minimum atomic E-state index is -1.79. The Balaban J connectivity index is 1.94. The molecule has 1 aliphatic heterocycles. The van der Waals surface area contributed by atoms with Crippen molar-refractivity contribution < 1.29 is 23.1 Å². The van der Waals surface area contributed by atoms with Crippen LogP contribution in [0.3, 0.4) is 0 Å². The van der Waals surface area contributed by atoms with Crippen molar-refractivity contribution in [1.29, 1.82) is 0 Å². The van der Waals surface area contributed by atoms with Crippen molar-refractivity contribution in [3.63, 3.8) is 0 Å². The lowest BCUT2D eigenvalue weighted by atomic mass is 10.0. The van der Waals surface area contributed by atoms with Crippen LogP contribution in [-0.2, 0) is 14.0 Å². The summed E-state index contributed by atoms with van der Waals surface area (Å²) in [5.41, 5.74) is 0.909. The average Bonchev–Trinajstić information content (AvgIpc) is 2.92. The highest BCUT2D eigenvalue weighted by Gasteiger charge is 2.28. The summed E-state index contributed by atoms with van der Waals surface area (Å²) in [4.78, 5) is 24.6. The van der Waals surface area contributed by atoms with E-state index in [0.29, 0.717) is 19.4 Å². The maximum Gasteiger partial charge on any atom is 0.416 e. The zero-order valence-corrected chi connectivity index (χ0v) is 15.4. The SMILES string of the molecule is C[Si](C)(C)O[C@@H](CCCC(=O)N1CCOC1=O)c1ccc(F)cc1. The van der Waals surface area contributed by atoms with Gasteiger partial charge in [0.15, 0.2) is 8.32 Å². The van der Waals surface area contributed by atoms with Crippen LogP contribution < -0.4 is 0 Å². The van der Waals surface area contributed by atoms with E-state index in [1.807, 2.05) is 0 Å². The fourth-order valence-electron chi connectivity index (χ4n) is 2.59. The van der Waals surface area contributed by atoms with Gasteiger partial charge in [0.05, 0.1) is 12.6 Å². The number of hydrogen-bond acceptors (Lipinski definition) is 4. The highest BCUT2D eigenvalue weighted by molar-refractivity contribution is 6.69. The lowest BCUT2D eigenvalue weighted by Gasteiger charge is -2.27. The number of carbonyl (C=O) groups excluding carboxylic acids is 2. The van der Waals surface area contributed by atoms with Crippen LogP contribution in [0.15, 0.2) is 24.3 Å². The predicted molar refractivity (Wildman–Crippen MR) is 90.5 cm³/mol. The summed E-state index contributed by atoms with van der Waals surface area (Å²) in [6.45, 7) is 6.87. The number of ether oxygens (including phenoxy) is 1. The van der Waals surface area contributed by atoms with Crippen LogP contribution in [0.1, 0.15) is 30.9 Å². The Morgan fingerprint density at radius 3 is 2.54 bits per heavy atom. The Bertz CT molecular complexity index is 585. The second kappa shape index (κ2) is 7.89. The molecule has 1 aromatic rings. The molecule has 0 saturated carbocycles. The standard InChI is InChI=1S/C17H24FNO4Si/c1-24(2,3)23-15(13-7-9-14(18)10-8-13)5-4-6-16(20)19-11-12-22-17(19)21/h7-10,15H,4-6,11-12H2,1-3H3/t15-/m0/s1. The van der Waals surface area contributed by atoms with E-state index in [9.17, 15) is 14.0 Å². The van der Waals surface area contributed by atoms with Crippen molar-refractivity contribution in [3.8, 4) is 0 Å². The van der Waals surface area contributed by atoms with Gasteiger partial charge in [-0.2, -0.15) is 0 Å². The first-order valence-corrected chi connectivity index (χ1v) is 11.6. The fourth-order valence-corrected chi connectivity index (χ4v) is 3.70. The molecule has 0 bridgehead atoms. The summed E-state index contributed by atoms with van der Waals surface area (Å²) in [5.74, 6) is -0.503. The first-order chi connectivity index (χ1) is 11.3. The van der Waals surface area contributed by atoms with Gasteiger partial charge in [0.25, 0.3) is 0 Å². The molecular formula is C17H24FNO4Si. The van der Waals surface area contributed by atoms with Crippen LogP contribution in [0.2, 0.25) is 19.6 Å². The van der Waals surface area contributed by atoms with Gasteiger partial charge >= 0.3 is 6.09 Å². The Labute approximate surface area is 142 Å². The van der Waals surface area contributed by atoms with E-state index in [2.05, 4.69) is 19.6 Å². The zero-order chi connectivity index (χ0) is 17.7. The molecule has 1 aliphatic rings. The molecule has 0 N–H and O–H groups in total. The molecule has 1 aromatic carbocycles. The Kier molecular flexibility index (Phi) is 6.12. The van der Waals surface area contributed by atoms with Crippen molar-refractivity contribution in [3.05, 3.63) is 35.6 Å². The van der Waals surface area contributed by atoms with Crippen LogP contribution in [-0.4, -0.2) is 38.4 Å². The largest absolute Gasteiger partial charge is 0.447 e. The molecule has 1 heterocycles. The van der Waals surface area contributed by atoms with Gasteiger partial charge in [-0.1, -0.05) is 12.1 Å². The molecule has 0 radical (unpaired) electrons. The highest BCUT2D eigenvalue weighted by atomic mass is 28.4. The van der Waals surface area contributed by atoms with Crippen LogP contribution in [0, 0.1) is 5.82 Å². The van der Waals surface area contributed by atoms with Gasteiger partial charge in [0, 0.05) is 6.42 Å². The zero-order valence-electron chi connectivity index (χ0n) is 14.4. The molecule has 1 fully saturated rings. The summed E-state index contributed by atoms with van der Waals surface area (Å²) in [6, 6.07) is 6.28. The van der Waals surface area contributed by atoms with Gasteiger partial charge in [-0.15, -0.1) is 0 Å². The maximum absolute atomic E-state index is 13.1. The van der Waals surface area contributed by atoms with E-state index in [1.54, 1.807) is 12.1 Å². The topological polar surface area (TPSA) is 55.8 Å². The molecule has 0 spiro atoms. The van der Waals surface area contributed by atoms with E-state index in [4.69, 9.17) is 9.16 Å². The number of halogens is 1. The van der Waals surface area contributed by atoms with Gasteiger partial charge < -0.3 is 9.16 Å². The number of benzene rings is 1. The van der Waals surface area contributed by atoms with E-state index >= 15 is 0 Å². The average molecular weight is 353 g/mol. The van der Waals surface area contributed by atoms with E-state index in [-0.39, 0.29) is 30.9 Å². The lowest BCUT2D eigenvalue weighted by molar-refractivity contribution is -0.127. The molecule has 2 amide bonds. The molecule has 5 nitrogen and oxygen atoms in total. The summed E-state index contributed by atoms with van der Waals surface area (Å²) in [7, 11) is -1.79. The van der Waals surface area contributed by atoms with Crippen molar-refractivity contribution in [2.24, 2.45) is 0 Å². The van der Waals surface area contributed by atoms with Crippen molar-refractivity contribution >= 4 is 20.3 Å². The second-order valence-corrected chi connectivity index (χ2v) is 11.3. The quantitative estimate of drug-likeness (QED) is 0.698. The number of carbonyl (C=O) groups is 2. The number of amides is 2. The first-order valence-electron chi connectivity index (χ1n) is 8.17. The van der Waals surface area contributed by atoms with Crippen LogP contribution in [0.25, 0.3) is 0 Å². The minimum Gasteiger partial charge on any atom is -0.447 e. The van der Waals surface area contributed by atoms with E-state index < -0.39 is 14.4 Å². The number of hydrogen-bond donors (Lipinski definition) is 0. The molecule has 132 valence electrons.